The molecule has 2 amide bonds. The van der Waals surface area contributed by atoms with E-state index in [1.165, 1.54) is 27.3 Å². The van der Waals surface area contributed by atoms with Crippen molar-refractivity contribution in [3.63, 3.8) is 0 Å². The number of sulfonamides is 1. The number of anilines is 1. The minimum absolute atomic E-state index is 0.0260. The third-order valence-corrected chi connectivity index (χ3v) is 7.93. The van der Waals surface area contributed by atoms with E-state index in [-0.39, 0.29) is 22.6 Å². The van der Waals surface area contributed by atoms with Crippen molar-refractivity contribution in [2.75, 3.05) is 45.8 Å². The van der Waals surface area contributed by atoms with E-state index in [0.29, 0.717) is 56.0 Å². The largest absolute Gasteiger partial charge is 0.497 e. The van der Waals surface area contributed by atoms with Crippen LogP contribution >= 0.6 is 0 Å². The number of nitrogens with zero attached hydrogens (tertiary/aromatic N) is 2. The molecule has 2 aliphatic rings. The molecular formula is C24H29N3O6S. The number of piperidine rings is 1. The molecule has 0 aliphatic carbocycles. The lowest BCUT2D eigenvalue weighted by atomic mass is 9.94. The van der Waals surface area contributed by atoms with Crippen molar-refractivity contribution >= 4 is 27.5 Å². The van der Waals surface area contributed by atoms with Gasteiger partial charge < -0.3 is 19.3 Å². The number of nitrogens with one attached hydrogen (secondary N) is 1. The highest BCUT2D eigenvalue weighted by Gasteiger charge is 2.34. The van der Waals surface area contributed by atoms with E-state index in [0.717, 1.165) is 11.3 Å². The van der Waals surface area contributed by atoms with Crippen LogP contribution in [0.5, 0.6) is 11.5 Å². The van der Waals surface area contributed by atoms with Crippen LogP contribution in [0, 0.1) is 5.92 Å². The van der Waals surface area contributed by atoms with Crippen LogP contribution in [0.4, 0.5) is 5.69 Å². The average molecular weight is 488 g/mol. The van der Waals surface area contributed by atoms with E-state index < -0.39 is 10.0 Å². The Bertz CT molecular complexity index is 1180. The van der Waals surface area contributed by atoms with Gasteiger partial charge in [-0.3, -0.25) is 9.59 Å². The fourth-order valence-electron chi connectivity index (χ4n) is 4.56. The number of ether oxygens (including phenoxy) is 2. The molecule has 182 valence electrons. The summed E-state index contributed by atoms with van der Waals surface area (Å²) in [4.78, 5) is 30.0. The minimum atomic E-state index is -3.53. The number of hydrogen-bond donors (Lipinski definition) is 1. The lowest BCUT2D eigenvalue weighted by Gasteiger charge is -2.33. The number of fused-ring (bicyclic) bond motifs is 1. The number of carbonyl (C=O) groups is 2. The number of rotatable bonds is 6. The van der Waals surface area contributed by atoms with E-state index in [9.17, 15) is 18.0 Å². The second kappa shape index (κ2) is 9.63. The molecule has 2 aromatic carbocycles. The predicted molar refractivity (Wildman–Crippen MR) is 127 cm³/mol. The Morgan fingerprint density at radius 3 is 2.21 bits per heavy atom. The first-order valence-electron chi connectivity index (χ1n) is 11.2. The third-order valence-electron chi connectivity index (χ3n) is 6.52. The Morgan fingerprint density at radius 2 is 1.62 bits per heavy atom. The SMILES string of the molecule is CNS(=O)(=O)c1ccc2c(c1)CCN2C(=O)C1CCN(C(=O)c2cc(OC)cc(OC)c2)CC1. The van der Waals surface area contributed by atoms with E-state index in [2.05, 4.69) is 4.72 Å². The Morgan fingerprint density at radius 1 is 0.971 bits per heavy atom. The smallest absolute Gasteiger partial charge is 0.254 e. The topological polar surface area (TPSA) is 105 Å². The first-order chi connectivity index (χ1) is 16.3. The summed E-state index contributed by atoms with van der Waals surface area (Å²) in [6, 6.07) is 9.96. The van der Waals surface area contributed by atoms with Gasteiger partial charge in [0.2, 0.25) is 15.9 Å². The summed E-state index contributed by atoms with van der Waals surface area (Å²) in [5.74, 6) is 0.818. The highest BCUT2D eigenvalue weighted by Crippen LogP contribution is 2.33. The zero-order chi connectivity index (χ0) is 24.5. The maximum Gasteiger partial charge on any atom is 0.254 e. The van der Waals surface area contributed by atoms with Gasteiger partial charge in [-0.25, -0.2) is 13.1 Å². The molecule has 34 heavy (non-hydrogen) atoms. The molecule has 2 heterocycles. The van der Waals surface area contributed by atoms with Gasteiger partial charge in [0, 0.05) is 42.9 Å². The minimum Gasteiger partial charge on any atom is -0.497 e. The summed E-state index contributed by atoms with van der Waals surface area (Å²) in [5, 5.41) is 0. The quantitative estimate of drug-likeness (QED) is 0.669. The first-order valence-corrected chi connectivity index (χ1v) is 12.7. The fourth-order valence-corrected chi connectivity index (χ4v) is 5.34. The summed E-state index contributed by atoms with van der Waals surface area (Å²) < 4.78 is 37.0. The molecular weight excluding hydrogens is 458 g/mol. The Balaban J connectivity index is 1.42. The van der Waals surface area contributed by atoms with E-state index >= 15 is 0 Å². The molecule has 10 heteroatoms. The Kier molecular flexibility index (Phi) is 6.81. The average Bonchev–Trinajstić information content (AvgIpc) is 3.31. The zero-order valence-corrected chi connectivity index (χ0v) is 20.4. The second-order valence-corrected chi connectivity index (χ2v) is 10.3. The molecule has 1 N–H and O–H groups in total. The Labute approximate surface area is 199 Å². The van der Waals surface area contributed by atoms with Crippen molar-refractivity contribution in [1.82, 2.24) is 9.62 Å². The molecule has 0 atom stereocenters. The van der Waals surface area contributed by atoms with Gasteiger partial charge >= 0.3 is 0 Å². The Hall–Kier alpha value is -3.11. The van der Waals surface area contributed by atoms with Crippen LogP contribution < -0.4 is 19.1 Å². The molecule has 0 spiro atoms. The fraction of sp³-hybridized carbons (Fsp3) is 0.417. The van der Waals surface area contributed by atoms with Gasteiger partial charge in [0.05, 0.1) is 19.1 Å². The highest BCUT2D eigenvalue weighted by atomic mass is 32.2. The summed E-state index contributed by atoms with van der Waals surface area (Å²) in [7, 11) is 0.922. The number of benzene rings is 2. The van der Waals surface area contributed by atoms with Crippen LogP contribution in [0.3, 0.4) is 0 Å². The van der Waals surface area contributed by atoms with Gasteiger partial charge in [-0.15, -0.1) is 0 Å². The number of methoxy groups -OCH3 is 2. The maximum atomic E-state index is 13.3. The molecule has 0 radical (unpaired) electrons. The van der Waals surface area contributed by atoms with Gasteiger partial charge in [0.25, 0.3) is 5.91 Å². The normalized spacial score (nSPS) is 16.3. The number of hydrogen-bond acceptors (Lipinski definition) is 6. The van der Waals surface area contributed by atoms with E-state index in [1.807, 2.05) is 0 Å². The van der Waals surface area contributed by atoms with Gasteiger partial charge in [0.15, 0.2) is 0 Å². The predicted octanol–water partition coefficient (Wildman–Crippen LogP) is 2.05. The summed E-state index contributed by atoms with van der Waals surface area (Å²) in [6.07, 6.45) is 1.76. The summed E-state index contributed by atoms with van der Waals surface area (Å²) in [5.41, 5.74) is 2.10. The van der Waals surface area contributed by atoms with Crippen molar-refractivity contribution in [3.8, 4) is 11.5 Å². The monoisotopic (exact) mass is 487 g/mol. The third kappa shape index (κ3) is 4.60. The van der Waals surface area contributed by atoms with Crippen LogP contribution in [0.25, 0.3) is 0 Å². The first kappa shape index (κ1) is 24.0. The van der Waals surface area contributed by atoms with Crippen molar-refractivity contribution in [2.24, 2.45) is 5.92 Å². The molecule has 0 unspecified atom stereocenters. The van der Waals surface area contributed by atoms with Gasteiger partial charge in [-0.1, -0.05) is 0 Å². The van der Waals surface area contributed by atoms with Crippen LogP contribution in [0.2, 0.25) is 0 Å². The molecule has 9 nitrogen and oxygen atoms in total. The molecule has 0 saturated carbocycles. The van der Waals surface area contributed by atoms with Crippen molar-refractivity contribution in [3.05, 3.63) is 47.5 Å². The van der Waals surface area contributed by atoms with Crippen LogP contribution in [0.1, 0.15) is 28.8 Å². The summed E-state index contributed by atoms with van der Waals surface area (Å²) in [6.45, 7) is 1.49. The van der Waals surface area contributed by atoms with E-state index in [1.54, 1.807) is 40.1 Å². The van der Waals surface area contributed by atoms with Gasteiger partial charge in [-0.05, 0) is 62.2 Å². The van der Waals surface area contributed by atoms with Gasteiger partial charge in [-0.2, -0.15) is 0 Å². The molecule has 1 fully saturated rings. The number of likely N-dealkylation sites (tertiary alicyclic amines) is 1. The molecule has 2 aliphatic heterocycles. The van der Waals surface area contributed by atoms with Crippen molar-refractivity contribution < 1.29 is 27.5 Å². The molecule has 0 aromatic heterocycles. The second-order valence-electron chi connectivity index (χ2n) is 8.41. The lowest BCUT2D eigenvalue weighted by Crippen LogP contribution is -2.44. The van der Waals surface area contributed by atoms with Gasteiger partial charge in [0.1, 0.15) is 11.5 Å². The molecule has 4 rings (SSSR count). The van der Waals surface area contributed by atoms with Crippen LogP contribution in [0.15, 0.2) is 41.3 Å². The maximum absolute atomic E-state index is 13.3. The van der Waals surface area contributed by atoms with E-state index in [4.69, 9.17) is 9.47 Å². The molecule has 0 bridgehead atoms. The standard InChI is InChI=1S/C24H29N3O6S/c1-25-34(30,31)21-4-5-22-17(14-21)8-11-27(22)24(29)16-6-9-26(10-7-16)23(28)18-12-19(32-2)15-20(13-18)33-3/h4-5,12-16,25H,6-11H2,1-3H3. The lowest BCUT2D eigenvalue weighted by molar-refractivity contribution is -0.123. The van der Waals surface area contributed by atoms with Crippen molar-refractivity contribution in [2.45, 2.75) is 24.2 Å². The zero-order valence-electron chi connectivity index (χ0n) is 19.5. The number of amides is 2. The molecule has 1 saturated heterocycles. The summed E-state index contributed by atoms with van der Waals surface area (Å²) >= 11 is 0. The molecule has 2 aromatic rings. The number of carbonyl (C=O) groups excluding carboxylic acids is 2. The highest BCUT2D eigenvalue weighted by molar-refractivity contribution is 7.89. The van der Waals surface area contributed by atoms with Crippen LogP contribution in [-0.2, 0) is 21.2 Å². The van der Waals surface area contributed by atoms with Crippen LogP contribution in [-0.4, -0.2) is 66.0 Å². The van der Waals surface area contributed by atoms with Crippen molar-refractivity contribution in [1.29, 1.82) is 0 Å².